The van der Waals surface area contributed by atoms with Gasteiger partial charge in [0, 0.05) is 10.5 Å². The van der Waals surface area contributed by atoms with Crippen molar-refractivity contribution < 1.29 is 9.66 Å². The second-order valence-corrected chi connectivity index (χ2v) is 5.43. The van der Waals surface area contributed by atoms with E-state index in [1.807, 2.05) is 18.2 Å². The maximum Gasteiger partial charge on any atom is 0.276 e. The summed E-state index contributed by atoms with van der Waals surface area (Å²) < 4.78 is 6.55. The highest BCUT2D eigenvalue weighted by Gasteiger charge is 2.14. The molecule has 110 valence electrons. The van der Waals surface area contributed by atoms with Gasteiger partial charge in [0.25, 0.3) is 5.69 Å². The van der Waals surface area contributed by atoms with E-state index in [0.29, 0.717) is 11.4 Å². The molecule has 7 heteroatoms. The number of aromatic nitrogens is 2. The van der Waals surface area contributed by atoms with Gasteiger partial charge in [0.1, 0.15) is 12.9 Å². The molecule has 0 aliphatic heterocycles. The van der Waals surface area contributed by atoms with Gasteiger partial charge in [-0.05, 0) is 24.3 Å². The lowest BCUT2D eigenvalue weighted by Crippen LogP contribution is -2.02. The molecule has 0 unspecified atom stereocenters. The predicted octanol–water partition coefficient (Wildman–Crippen LogP) is 3.88. The number of para-hydroxylation sites is 1. The Kier molecular flexibility index (Phi) is 3.97. The summed E-state index contributed by atoms with van der Waals surface area (Å²) in [5.41, 5.74) is 1.27. The van der Waals surface area contributed by atoms with E-state index >= 15 is 0 Å². The van der Waals surface area contributed by atoms with Crippen LogP contribution in [0.5, 0.6) is 5.88 Å². The third-order valence-electron chi connectivity index (χ3n) is 3.11. The average Bonchev–Trinajstić information content (AvgIpc) is 2.53. The number of fused-ring (bicyclic) bond motifs is 1. The summed E-state index contributed by atoms with van der Waals surface area (Å²) in [6, 6.07) is 12.0. The number of nitro groups is 1. The predicted molar refractivity (Wildman–Crippen MR) is 84.7 cm³/mol. The van der Waals surface area contributed by atoms with Crippen molar-refractivity contribution >= 4 is 32.5 Å². The molecule has 1 aromatic heterocycles. The van der Waals surface area contributed by atoms with E-state index in [1.165, 1.54) is 12.4 Å². The molecule has 2 aromatic carbocycles. The van der Waals surface area contributed by atoms with Crippen LogP contribution in [-0.2, 0) is 6.61 Å². The molecule has 22 heavy (non-hydrogen) atoms. The van der Waals surface area contributed by atoms with Gasteiger partial charge in [0.05, 0.1) is 21.4 Å². The molecule has 3 aromatic rings. The van der Waals surface area contributed by atoms with Crippen molar-refractivity contribution in [1.82, 2.24) is 9.97 Å². The Hall–Kier alpha value is -2.54. The highest BCUT2D eigenvalue weighted by molar-refractivity contribution is 9.10. The minimum atomic E-state index is -0.423. The minimum absolute atomic E-state index is 0.0297. The fourth-order valence-corrected chi connectivity index (χ4v) is 2.44. The van der Waals surface area contributed by atoms with Gasteiger partial charge in [-0.1, -0.05) is 28.1 Å². The van der Waals surface area contributed by atoms with E-state index in [-0.39, 0.29) is 12.3 Å². The topological polar surface area (TPSA) is 78.2 Å². The number of benzene rings is 2. The third-order valence-corrected chi connectivity index (χ3v) is 3.61. The van der Waals surface area contributed by atoms with Crippen molar-refractivity contribution in [3.8, 4) is 5.88 Å². The second kappa shape index (κ2) is 6.07. The van der Waals surface area contributed by atoms with Crippen LogP contribution < -0.4 is 4.74 Å². The fourth-order valence-electron chi connectivity index (χ4n) is 2.08. The first kappa shape index (κ1) is 14.4. The lowest BCUT2D eigenvalue weighted by atomic mass is 10.2. The molecule has 3 rings (SSSR count). The van der Waals surface area contributed by atoms with Crippen molar-refractivity contribution in [2.45, 2.75) is 6.61 Å². The van der Waals surface area contributed by atoms with E-state index in [0.717, 1.165) is 15.4 Å². The SMILES string of the molecule is O=[N+]([O-])c1ccccc1COc1ncnc2ccc(Br)cc12. The zero-order valence-corrected chi connectivity index (χ0v) is 12.9. The number of hydrogen-bond donors (Lipinski definition) is 0. The first-order chi connectivity index (χ1) is 10.6. The highest BCUT2D eigenvalue weighted by Crippen LogP contribution is 2.26. The Labute approximate surface area is 134 Å². The molecule has 0 fully saturated rings. The minimum Gasteiger partial charge on any atom is -0.472 e. The molecule has 0 N–H and O–H groups in total. The van der Waals surface area contributed by atoms with Crippen LogP contribution in [0.2, 0.25) is 0 Å². The monoisotopic (exact) mass is 359 g/mol. The van der Waals surface area contributed by atoms with E-state index in [4.69, 9.17) is 4.74 Å². The molecule has 1 heterocycles. The van der Waals surface area contributed by atoms with Crippen molar-refractivity contribution in [2.24, 2.45) is 0 Å². The molecule has 0 aliphatic rings. The Morgan fingerprint density at radius 1 is 1.18 bits per heavy atom. The maximum atomic E-state index is 11.0. The van der Waals surface area contributed by atoms with Gasteiger partial charge in [-0.15, -0.1) is 0 Å². The Balaban J connectivity index is 1.92. The van der Waals surface area contributed by atoms with Crippen LogP contribution in [0, 0.1) is 10.1 Å². The maximum absolute atomic E-state index is 11.0. The number of ether oxygens (including phenoxy) is 1. The lowest BCUT2D eigenvalue weighted by Gasteiger charge is -2.08. The second-order valence-electron chi connectivity index (χ2n) is 4.51. The number of hydrogen-bond acceptors (Lipinski definition) is 5. The molecular weight excluding hydrogens is 350 g/mol. The smallest absolute Gasteiger partial charge is 0.276 e. The molecule has 0 amide bonds. The quantitative estimate of drug-likeness (QED) is 0.521. The van der Waals surface area contributed by atoms with Crippen LogP contribution in [0.25, 0.3) is 10.9 Å². The van der Waals surface area contributed by atoms with Crippen LogP contribution >= 0.6 is 15.9 Å². The molecule has 0 atom stereocenters. The summed E-state index contributed by atoms with van der Waals surface area (Å²) in [5.74, 6) is 0.393. The van der Waals surface area contributed by atoms with Crippen LogP contribution in [0.3, 0.4) is 0 Å². The van der Waals surface area contributed by atoms with Crippen LogP contribution in [0.4, 0.5) is 5.69 Å². The molecule has 0 saturated heterocycles. The zero-order chi connectivity index (χ0) is 15.5. The Morgan fingerprint density at radius 3 is 2.82 bits per heavy atom. The van der Waals surface area contributed by atoms with Crippen molar-refractivity contribution in [2.75, 3.05) is 0 Å². The molecular formula is C15H10BrN3O3. The van der Waals surface area contributed by atoms with Crippen molar-refractivity contribution in [3.63, 3.8) is 0 Å². The molecule has 0 radical (unpaired) electrons. The van der Waals surface area contributed by atoms with Crippen LogP contribution in [0.1, 0.15) is 5.56 Å². The highest BCUT2D eigenvalue weighted by atomic mass is 79.9. The first-order valence-electron chi connectivity index (χ1n) is 6.40. The summed E-state index contributed by atoms with van der Waals surface area (Å²) in [6.07, 6.45) is 1.41. The molecule has 6 nitrogen and oxygen atoms in total. The number of nitrogens with zero attached hydrogens (tertiary/aromatic N) is 3. The van der Waals surface area contributed by atoms with E-state index in [2.05, 4.69) is 25.9 Å². The van der Waals surface area contributed by atoms with Gasteiger partial charge in [-0.25, -0.2) is 9.97 Å². The Bertz CT molecular complexity index is 854. The average molecular weight is 360 g/mol. The summed E-state index contributed by atoms with van der Waals surface area (Å²) in [6.45, 7) is 0.0653. The van der Waals surface area contributed by atoms with Gasteiger partial charge < -0.3 is 4.74 Å². The van der Waals surface area contributed by atoms with E-state index in [1.54, 1.807) is 18.2 Å². The normalized spacial score (nSPS) is 10.6. The Morgan fingerprint density at radius 2 is 2.00 bits per heavy atom. The standard InChI is InChI=1S/C15H10BrN3O3/c16-11-5-6-13-12(7-11)15(18-9-17-13)22-8-10-3-1-2-4-14(10)19(20)21/h1-7,9H,8H2. The molecule has 0 aliphatic carbocycles. The van der Waals surface area contributed by atoms with Gasteiger partial charge in [0.15, 0.2) is 0 Å². The molecule has 0 bridgehead atoms. The largest absolute Gasteiger partial charge is 0.472 e. The number of rotatable bonds is 4. The summed E-state index contributed by atoms with van der Waals surface area (Å²) >= 11 is 3.39. The fraction of sp³-hybridized carbons (Fsp3) is 0.0667. The molecule has 0 spiro atoms. The van der Waals surface area contributed by atoms with Gasteiger partial charge in [0.2, 0.25) is 5.88 Å². The van der Waals surface area contributed by atoms with E-state index < -0.39 is 4.92 Å². The van der Waals surface area contributed by atoms with Crippen LogP contribution in [-0.4, -0.2) is 14.9 Å². The third kappa shape index (κ3) is 2.89. The first-order valence-corrected chi connectivity index (χ1v) is 7.20. The summed E-state index contributed by atoms with van der Waals surface area (Å²) in [5, 5.41) is 11.8. The summed E-state index contributed by atoms with van der Waals surface area (Å²) in [7, 11) is 0. The van der Waals surface area contributed by atoms with Crippen molar-refractivity contribution in [3.05, 3.63) is 68.9 Å². The zero-order valence-electron chi connectivity index (χ0n) is 11.3. The summed E-state index contributed by atoms with van der Waals surface area (Å²) in [4.78, 5) is 18.9. The van der Waals surface area contributed by atoms with Gasteiger partial charge in [-0.3, -0.25) is 10.1 Å². The number of nitro benzene ring substituents is 1. The van der Waals surface area contributed by atoms with Gasteiger partial charge >= 0.3 is 0 Å². The van der Waals surface area contributed by atoms with E-state index in [9.17, 15) is 10.1 Å². The molecule has 0 saturated carbocycles. The lowest BCUT2D eigenvalue weighted by molar-refractivity contribution is -0.385. The number of halogens is 1. The van der Waals surface area contributed by atoms with Crippen molar-refractivity contribution in [1.29, 1.82) is 0 Å². The van der Waals surface area contributed by atoms with Crippen LogP contribution in [0.15, 0.2) is 53.3 Å². The van der Waals surface area contributed by atoms with Gasteiger partial charge in [-0.2, -0.15) is 0 Å².